The van der Waals surface area contributed by atoms with Gasteiger partial charge in [-0.25, -0.2) is 12.9 Å². The van der Waals surface area contributed by atoms with Gasteiger partial charge in [-0.05, 0) is 12.8 Å². The molecule has 0 saturated carbocycles. The molecule has 0 aliphatic carbocycles. The van der Waals surface area contributed by atoms with Crippen molar-refractivity contribution in [3.8, 4) is 0 Å². The van der Waals surface area contributed by atoms with Gasteiger partial charge < -0.3 is 0 Å². The Hall–Kier alpha value is 0.440. The summed E-state index contributed by atoms with van der Waals surface area (Å²) in [5.74, 6) is 0. The van der Waals surface area contributed by atoms with Gasteiger partial charge in [-0.2, -0.15) is 0 Å². The summed E-state index contributed by atoms with van der Waals surface area (Å²) in [5.41, 5.74) is -0.305. The fourth-order valence-electron chi connectivity index (χ4n) is 1.39. The Labute approximate surface area is 109 Å². The van der Waals surface area contributed by atoms with Crippen LogP contribution in [0.5, 0.6) is 0 Å². The molecular formula is C9H19O6P3. The predicted molar refractivity (Wildman–Crippen MR) is 71.0 cm³/mol. The van der Waals surface area contributed by atoms with Crippen molar-refractivity contribution < 1.29 is 26.9 Å². The maximum atomic E-state index is 12.3. The molecular weight excluding hydrogens is 297 g/mol. The van der Waals surface area contributed by atoms with E-state index in [1.807, 2.05) is 13.8 Å². The van der Waals surface area contributed by atoms with Crippen molar-refractivity contribution in [2.45, 2.75) is 40.0 Å². The van der Waals surface area contributed by atoms with E-state index in [1.54, 1.807) is 6.92 Å². The van der Waals surface area contributed by atoms with E-state index < -0.39 is 23.6 Å². The Kier molecular flexibility index (Phi) is 6.18. The van der Waals surface area contributed by atoms with Crippen molar-refractivity contribution >= 4 is 29.1 Å². The second-order valence-electron chi connectivity index (χ2n) is 3.92. The van der Waals surface area contributed by atoms with E-state index in [0.29, 0.717) is 12.8 Å². The molecule has 0 aromatic heterocycles. The molecule has 9 heteroatoms. The van der Waals surface area contributed by atoms with Crippen LogP contribution in [0.25, 0.3) is 0 Å². The molecule has 0 N–H and O–H groups in total. The van der Waals surface area contributed by atoms with E-state index in [1.165, 1.54) is 0 Å². The minimum absolute atomic E-state index is 0.153. The van der Waals surface area contributed by atoms with Gasteiger partial charge in [0, 0.05) is 6.42 Å². The molecule has 1 rings (SSSR count). The van der Waals surface area contributed by atoms with Crippen molar-refractivity contribution in [3.05, 3.63) is 0 Å². The van der Waals surface area contributed by atoms with Crippen molar-refractivity contribution in [2.24, 2.45) is 0 Å². The molecule has 18 heavy (non-hydrogen) atoms. The molecule has 1 saturated heterocycles. The van der Waals surface area contributed by atoms with E-state index in [0.717, 1.165) is 0 Å². The molecule has 0 aromatic rings. The second-order valence-corrected chi connectivity index (χ2v) is 10.2. The maximum Gasteiger partial charge on any atom is 0.343 e. The normalized spacial score (nSPS) is 36.5. The maximum absolute atomic E-state index is 12.3. The first-order valence-corrected chi connectivity index (χ1v) is 10.6. The summed E-state index contributed by atoms with van der Waals surface area (Å²) < 4.78 is 40.1. The minimum atomic E-state index is -3.47. The highest BCUT2D eigenvalue weighted by Gasteiger charge is 2.48. The molecule has 0 amide bonds. The van der Waals surface area contributed by atoms with Crippen LogP contribution in [-0.2, 0) is 26.9 Å². The lowest BCUT2D eigenvalue weighted by Crippen LogP contribution is -2.10. The molecule has 2 unspecified atom stereocenters. The third-order valence-electron chi connectivity index (χ3n) is 2.15. The van der Waals surface area contributed by atoms with Crippen molar-refractivity contribution in [3.63, 3.8) is 0 Å². The van der Waals surface area contributed by atoms with E-state index in [9.17, 15) is 13.9 Å². The SMILES string of the molecule is CCCP1(=O)OP(C(=O)CC)OP(=O)(CCC)O1. The Morgan fingerprint density at radius 2 is 1.44 bits per heavy atom. The standard InChI is InChI=1S/C9H19O6P3/c1-4-7-17(11)13-16(9(10)6-3)14-18(12,15-17)8-5-2/h4-8H2,1-3H3. The van der Waals surface area contributed by atoms with Gasteiger partial charge in [-0.15, -0.1) is 0 Å². The minimum Gasteiger partial charge on any atom is -0.289 e. The van der Waals surface area contributed by atoms with Gasteiger partial charge in [0.05, 0.1) is 12.3 Å². The zero-order valence-corrected chi connectivity index (χ0v) is 13.5. The van der Waals surface area contributed by atoms with Gasteiger partial charge in [-0.1, -0.05) is 20.8 Å². The summed E-state index contributed by atoms with van der Waals surface area (Å²) in [5, 5.41) is 0. The third-order valence-corrected chi connectivity index (χ3v) is 10.0. The molecule has 1 aliphatic heterocycles. The molecule has 2 atom stereocenters. The fourth-order valence-corrected chi connectivity index (χ4v) is 9.27. The fraction of sp³-hybridized carbons (Fsp3) is 0.889. The van der Waals surface area contributed by atoms with Gasteiger partial charge in [0.2, 0.25) is 5.52 Å². The summed E-state index contributed by atoms with van der Waals surface area (Å²) in [6, 6.07) is 0. The summed E-state index contributed by atoms with van der Waals surface area (Å²) in [4.78, 5) is 11.6. The smallest absolute Gasteiger partial charge is 0.289 e. The largest absolute Gasteiger partial charge is 0.343 e. The van der Waals surface area contributed by atoms with Gasteiger partial charge in [0.25, 0.3) is 8.38 Å². The van der Waals surface area contributed by atoms with E-state index in [-0.39, 0.29) is 24.3 Å². The first-order chi connectivity index (χ1) is 8.38. The molecule has 6 nitrogen and oxygen atoms in total. The predicted octanol–water partition coefficient (Wildman–Crippen LogP) is 4.50. The number of hydrogen-bond acceptors (Lipinski definition) is 6. The van der Waals surface area contributed by atoms with E-state index in [2.05, 4.69) is 0 Å². The Balaban J connectivity index is 2.96. The first-order valence-electron chi connectivity index (χ1n) is 6.00. The molecule has 1 fully saturated rings. The zero-order valence-electron chi connectivity index (χ0n) is 10.8. The highest BCUT2D eigenvalue weighted by atomic mass is 31.3. The van der Waals surface area contributed by atoms with Crippen LogP contribution in [0.4, 0.5) is 0 Å². The van der Waals surface area contributed by atoms with Gasteiger partial charge in [0.15, 0.2) is 0 Å². The molecule has 1 aliphatic rings. The lowest BCUT2D eigenvalue weighted by atomic mass is 10.6. The van der Waals surface area contributed by atoms with Crippen LogP contribution in [0.1, 0.15) is 40.0 Å². The molecule has 0 spiro atoms. The topological polar surface area (TPSA) is 78.9 Å². The third kappa shape index (κ3) is 4.23. The molecule has 0 bridgehead atoms. The molecule has 106 valence electrons. The van der Waals surface area contributed by atoms with E-state index >= 15 is 0 Å². The van der Waals surface area contributed by atoms with Crippen LogP contribution in [-0.4, -0.2) is 17.8 Å². The average Bonchev–Trinajstić information content (AvgIpc) is 2.26. The summed E-state index contributed by atoms with van der Waals surface area (Å²) in [7, 11) is -8.96. The van der Waals surface area contributed by atoms with Crippen molar-refractivity contribution in [1.82, 2.24) is 0 Å². The number of carbonyl (C=O) groups is 1. The summed E-state index contributed by atoms with van der Waals surface area (Å²) in [6.45, 7) is 5.29. The zero-order chi connectivity index (χ0) is 13.8. The summed E-state index contributed by atoms with van der Waals surface area (Å²) in [6.07, 6.45) is 1.63. The highest BCUT2D eigenvalue weighted by molar-refractivity contribution is 7.84. The van der Waals surface area contributed by atoms with Crippen LogP contribution in [0, 0.1) is 0 Å². The van der Waals surface area contributed by atoms with Crippen LogP contribution in [0.15, 0.2) is 0 Å². The second kappa shape index (κ2) is 6.74. The van der Waals surface area contributed by atoms with Crippen molar-refractivity contribution in [1.29, 1.82) is 0 Å². The number of hydrogen-bond donors (Lipinski definition) is 0. The Bertz CT molecular complexity index is 368. The molecule has 1 heterocycles. The Morgan fingerprint density at radius 1 is 1.00 bits per heavy atom. The average molecular weight is 316 g/mol. The number of carbonyl (C=O) groups excluding carboxylic acids is 1. The van der Waals surface area contributed by atoms with Crippen LogP contribution in [0.2, 0.25) is 0 Å². The first kappa shape index (κ1) is 16.5. The van der Waals surface area contributed by atoms with Crippen molar-refractivity contribution in [2.75, 3.05) is 12.3 Å². The van der Waals surface area contributed by atoms with Crippen LogP contribution in [0.3, 0.4) is 0 Å². The lowest BCUT2D eigenvalue weighted by Gasteiger charge is -2.32. The quantitative estimate of drug-likeness (QED) is 0.671. The van der Waals surface area contributed by atoms with Gasteiger partial charge in [-0.3, -0.25) is 13.9 Å². The number of rotatable bonds is 6. The highest BCUT2D eigenvalue weighted by Crippen LogP contribution is 2.79. The molecule has 0 radical (unpaired) electrons. The van der Waals surface area contributed by atoms with Gasteiger partial charge in [0.1, 0.15) is 0 Å². The van der Waals surface area contributed by atoms with Crippen LogP contribution >= 0.6 is 23.6 Å². The van der Waals surface area contributed by atoms with Crippen LogP contribution < -0.4 is 0 Å². The summed E-state index contributed by atoms with van der Waals surface area (Å²) >= 11 is 0. The Morgan fingerprint density at radius 3 is 1.78 bits per heavy atom. The van der Waals surface area contributed by atoms with E-state index in [4.69, 9.17) is 12.9 Å². The lowest BCUT2D eigenvalue weighted by molar-refractivity contribution is -0.112. The van der Waals surface area contributed by atoms with Gasteiger partial charge >= 0.3 is 15.2 Å². The monoisotopic (exact) mass is 316 g/mol. The molecule has 0 aromatic carbocycles.